The summed E-state index contributed by atoms with van der Waals surface area (Å²) < 4.78 is 49.0. The Kier molecular flexibility index (Phi) is 11.7. The van der Waals surface area contributed by atoms with E-state index in [4.69, 9.17) is 42.6 Å². The molecule has 0 amide bonds. The summed E-state index contributed by atoms with van der Waals surface area (Å²) in [5.41, 5.74) is 0. The van der Waals surface area contributed by atoms with Gasteiger partial charge in [-0.1, -0.05) is 0 Å². The zero-order valence-electron chi connectivity index (χ0n) is 22.3. The van der Waals surface area contributed by atoms with E-state index in [1.165, 1.54) is 19.3 Å². The van der Waals surface area contributed by atoms with Crippen LogP contribution in [0.3, 0.4) is 0 Å². The number of rotatable bonds is 10. The van der Waals surface area contributed by atoms with Crippen LogP contribution in [-0.2, 0) is 71.4 Å². The monoisotopic (exact) mass is 560 g/mol. The van der Waals surface area contributed by atoms with Crippen molar-refractivity contribution in [1.29, 1.82) is 0 Å². The molecule has 39 heavy (non-hydrogen) atoms. The second-order valence-electron chi connectivity index (χ2n) is 8.55. The van der Waals surface area contributed by atoms with Crippen molar-refractivity contribution in [2.24, 2.45) is 0 Å². The van der Waals surface area contributed by atoms with Crippen molar-refractivity contribution in [3.8, 4) is 0 Å². The van der Waals surface area contributed by atoms with Gasteiger partial charge in [0.1, 0.15) is 25.4 Å². The summed E-state index contributed by atoms with van der Waals surface area (Å²) in [6.07, 6.45) is -7.97. The van der Waals surface area contributed by atoms with E-state index in [2.05, 4.69) is 0 Å². The van der Waals surface area contributed by atoms with Crippen molar-refractivity contribution in [3.63, 3.8) is 0 Å². The molecule has 0 unspecified atom stereocenters. The summed E-state index contributed by atoms with van der Waals surface area (Å²) in [6.45, 7) is 5.92. The van der Waals surface area contributed by atoms with Gasteiger partial charge in [-0.25, -0.2) is 0 Å². The Bertz CT molecular complexity index is 959. The molecule has 0 radical (unpaired) electrons. The summed E-state index contributed by atoms with van der Waals surface area (Å²) in [4.78, 5) is 70.6. The molecule has 2 rings (SSSR count). The van der Waals surface area contributed by atoms with Gasteiger partial charge in [-0.15, -0.1) is 0 Å². The van der Waals surface area contributed by atoms with Crippen LogP contribution in [0.15, 0.2) is 12.3 Å². The van der Waals surface area contributed by atoms with Gasteiger partial charge >= 0.3 is 35.8 Å². The number of esters is 6. The average molecular weight is 561 g/mol. The Balaban J connectivity index is 2.52. The zero-order chi connectivity index (χ0) is 29.3. The Hall–Kier alpha value is -3.72. The fraction of sp³-hybridized carbons (Fsp3) is 0.667. The lowest BCUT2D eigenvalue weighted by Gasteiger charge is -2.46. The van der Waals surface area contributed by atoms with Crippen molar-refractivity contribution in [3.05, 3.63) is 12.3 Å². The Labute approximate surface area is 223 Å². The second-order valence-corrected chi connectivity index (χ2v) is 8.55. The van der Waals surface area contributed by atoms with Crippen LogP contribution in [0.1, 0.15) is 41.5 Å². The maximum Gasteiger partial charge on any atom is 0.303 e. The molecule has 2 aliphatic rings. The molecule has 0 saturated carbocycles. The first-order chi connectivity index (χ1) is 18.3. The lowest BCUT2D eigenvalue weighted by Crippen LogP contribution is -2.64. The number of ether oxygens (including phenoxy) is 9. The SMILES string of the molecule is CC(=O)OC[C@@H]1O[C@H](O[C@@H]2[C@@H](OC(C)=O)C=CO[C@H]2COC(C)=O)[C@@H](OC(C)=O)[C@H](OC(C)=O)[C@H]1OC(C)=O. The van der Waals surface area contributed by atoms with Crippen molar-refractivity contribution in [2.45, 2.75) is 90.6 Å². The van der Waals surface area contributed by atoms with Gasteiger partial charge in [-0.05, 0) is 6.08 Å². The van der Waals surface area contributed by atoms with Gasteiger partial charge in [0.15, 0.2) is 36.8 Å². The summed E-state index contributed by atoms with van der Waals surface area (Å²) in [5, 5.41) is 0. The van der Waals surface area contributed by atoms with Crippen LogP contribution in [0.4, 0.5) is 0 Å². The second kappa shape index (κ2) is 14.4. The van der Waals surface area contributed by atoms with Crippen molar-refractivity contribution in [2.75, 3.05) is 13.2 Å². The van der Waals surface area contributed by atoms with Crippen LogP contribution in [0.5, 0.6) is 0 Å². The first kappa shape index (κ1) is 31.5. The zero-order valence-corrected chi connectivity index (χ0v) is 22.3. The van der Waals surface area contributed by atoms with Crippen LogP contribution in [-0.4, -0.2) is 98.0 Å². The number of hydrogen-bond donors (Lipinski definition) is 0. The highest BCUT2D eigenvalue weighted by atomic mass is 16.7. The Morgan fingerprint density at radius 1 is 0.590 bits per heavy atom. The highest BCUT2D eigenvalue weighted by Gasteiger charge is 2.54. The molecule has 0 aromatic carbocycles. The van der Waals surface area contributed by atoms with E-state index in [9.17, 15) is 28.8 Å². The maximum absolute atomic E-state index is 12.0. The minimum atomic E-state index is -1.58. The van der Waals surface area contributed by atoms with E-state index >= 15 is 0 Å². The molecular formula is C24H32O15. The molecule has 15 nitrogen and oxygen atoms in total. The van der Waals surface area contributed by atoms with Crippen LogP contribution >= 0.6 is 0 Å². The van der Waals surface area contributed by atoms with E-state index in [0.717, 1.165) is 34.6 Å². The quantitative estimate of drug-likeness (QED) is 0.254. The minimum absolute atomic E-state index is 0.326. The van der Waals surface area contributed by atoms with E-state index in [1.807, 2.05) is 0 Å². The summed E-state index contributed by atoms with van der Waals surface area (Å²) >= 11 is 0. The lowest BCUT2D eigenvalue weighted by molar-refractivity contribution is -0.328. The standard InChI is InChI=1S/C24H32O15/c1-11(25)32-9-18-20(17(7-8-31-18)34-13(3)27)39-24-23(37-16(6)30)22(36-15(5)29)21(35-14(4)28)19(38-24)10-33-12(2)26/h7-8,17-24H,9-10H2,1-6H3/t17-,18-,19-,20+,21-,22+,23-,24+/m0/s1. The molecule has 8 atom stereocenters. The molecule has 0 bridgehead atoms. The number of carbonyl (C=O) groups is 6. The van der Waals surface area contributed by atoms with Crippen LogP contribution in [0, 0.1) is 0 Å². The van der Waals surface area contributed by atoms with Gasteiger partial charge in [0.25, 0.3) is 0 Å². The van der Waals surface area contributed by atoms with Gasteiger partial charge in [0.2, 0.25) is 0 Å². The predicted octanol–water partition coefficient (Wildman–Crippen LogP) is -0.138. The van der Waals surface area contributed by atoms with Crippen molar-refractivity contribution < 1.29 is 71.4 Å². The third kappa shape index (κ3) is 9.83. The first-order valence-corrected chi connectivity index (χ1v) is 11.9. The molecule has 2 heterocycles. The third-order valence-electron chi connectivity index (χ3n) is 5.20. The molecule has 218 valence electrons. The molecule has 1 fully saturated rings. The van der Waals surface area contributed by atoms with Crippen LogP contribution < -0.4 is 0 Å². The largest absolute Gasteiger partial charge is 0.492 e. The maximum atomic E-state index is 12.0. The molecule has 2 aliphatic heterocycles. The Morgan fingerprint density at radius 2 is 1.08 bits per heavy atom. The molecule has 0 aliphatic carbocycles. The molecule has 1 saturated heterocycles. The molecule has 0 aromatic rings. The summed E-state index contributed by atoms with van der Waals surface area (Å²) in [6, 6.07) is 0. The van der Waals surface area contributed by atoms with E-state index in [0.29, 0.717) is 0 Å². The summed E-state index contributed by atoms with van der Waals surface area (Å²) in [7, 11) is 0. The van der Waals surface area contributed by atoms with Gasteiger partial charge in [-0.2, -0.15) is 0 Å². The van der Waals surface area contributed by atoms with E-state index in [-0.39, 0.29) is 6.61 Å². The highest BCUT2D eigenvalue weighted by Crippen LogP contribution is 2.32. The van der Waals surface area contributed by atoms with Gasteiger partial charge in [-0.3, -0.25) is 28.8 Å². The van der Waals surface area contributed by atoms with E-state index < -0.39 is 91.4 Å². The van der Waals surface area contributed by atoms with Gasteiger partial charge < -0.3 is 42.6 Å². The first-order valence-electron chi connectivity index (χ1n) is 11.9. The normalized spacial score (nSPS) is 29.7. The third-order valence-corrected chi connectivity index (χ3v) is 5.20. The fourth-order valence-electron chi connectivity index (χ4n) is 3.87. The van der Waals surface area contributed by atoms with Crippen LogP contribution in [0.25, 0.3) is 0 Å². The number of hydrogen-bond acceptors (Lipinski definition) is 15. The van der Waals surface area contributed by atoms with E-state index in [1.54, 1.807) is 0 Å². The summed E-state index contributed by atoms with van der Waals surface area (Å²) in [5.74, 6) is -4.43. The predicted molar refractivity (Wildman–Crippen MR) is 123 cm³/mol. The fourth-order valence-corrected chi connectivity index (χ4v) is 3.87. The molecule has 0 spiro atoms. The lowest BCUT2D eigenvalue weighted by atomic mass is 9.97. The topological polar surface area (TPSA) is 185 Å². The molecule has 15 heteroatoms. The smallest absolute Gasteiger partial charge is 0.303 e. The molecule has 0 N–H and O–H groups in total. The van der Waals surface area contributed by atoms with Crippen LogP contribution in [0.2, 0.25) is 0 Å². The van der Waals surface area contributed by atoms with Crippen molar-refractivity contribution in [1.82, 2.24) is 0 Å². The van der Waals surface area contributed by atoms with Gasteiger partial charge in [0, 0.05) is 41.5 Å². The minimum Gasteiger partial charge on any atom is -0.492 e. The van der Waals surface area contributed by atoms with Crippen molar-refractivity contribution >= 4 is 35.8 Å². The Morgan fingerprint density at radius 3 is 1.59 bits per heavy atom. The highest BCUT2D eigenvalue weighted by molar-refractivity contribution is 5.69. The molecular weight excluding hydrogens is 528 g/mol. The number of carbonyl (C=O) groups excluding carboxylic acids is 6. The molecule has 0 aromatic heterocycles. The van der Waals surface area contributed by atoms with Gasteiger partial charge in [0.05, 0.1) is 6.26 Å². The average Bonchev–Trinajstić information content (AvgIpc) is 2.80.